The fourth-order valence-corrected chi connectivity index (χ4v) is 2.90. The zero-order valence-electron chi connectivity index (χ0n) is 11.5. The Bertz CT molecular complexity index is 604. The van der Waals surface area contributed by atoms with Gasteiger partial charge in [0.1, 0.15) is 0 Å². The van der Waals surface area contributed by atoms with Crippen molar-refractivity contribution in [2.75, 3.05) is 4.90 Å². The molecule has 3 aromatic rings. The van der Waals surface area contributed by atoms with Crippen molar-refractivity contribution >= 4 is 5.69 Å². The molecular formula is C18H15N3. The number of aromatic nitrogens is 2. The van der Waals surface area contributed by atoms with Crippen molar-refractivity contribution < 1.29 is 0 Å². The molecule has 1 aromatic carbocycles. The van der Waals surface area contributed by atoms with E-state index >= 15 is 0 Å². The van der Waals surface area contributed by atoms with Crippen LogP contribution in [-0.4, -0.2) is 9.97 Å². The summed E-state index contributed by atoms with van der Waals surface area (Å²) in [6, 6.07) is 21.3. The summed E-state index contributed by atoms with van der Waals surface area (Å²) < 4.78 is 0. The average molecular weight is 273 g/mol. The second kappa shape index (κ2) is 5.02. The molecule has 0 unspecified atom stereocenters. The van der Waals surface area contributed by atoms with E-state index < -0.39 is 0 Å². The molecule has 3 nitrogen and oxygen atoms in total. The van der Waals surface area contributed by atoms with Crippen molar-refractivity contribution in [1.29, 1.82) is 0 Å². The first-order valence-electron chi connectivity index (χ1n) is 7.09. The number of hydrogen-bond donors (Lipinski definition) is 0. The van der Waals surface area contributed by atoms with Crippen LogP contribution in [0, 0.1) is 0 Å². The summed E-state index contributed by atoms with van der Waals surface area (Å²) in [5, 5.41) is 0. The zero-order chi connectivity index (χ0) is 14.1. The van der Waals surface area contributed by atoms with Crippen LogP contribution < -0.4 is 4.90 Å². The lowest BCUT2D eigenvalue weighted by Gasteiger charge is -2.05. The van der Waals surface area contributed by atoms with Gasteiger partial charge in [0.25, 0.3) is 0 Å². The van der Waals surface area contributed by atoms with E-state index in [1.807, 2.05) is 42.9 Å². The number of pyridine rings is 2. The van der Waals surface area contributed by atoms with Gasteiger partial charge in [-0.3, -0.25) is 9.97 Å². The third kappa shape index (κ3) is 2.17. The van der Waals surface area contributed by atoms with Crippen LogP contribution in [0.1, 0.15) is 23.3 Å². The Hall–Kier alpha value is -2.68. The van der Waals surface area contributed by atoms with E-state index in [4.69, 9.17) is 0 Å². The third-order valence-corrected chi connectivity index (χ3v) is 3.88. The Morgan fingerprint density at radius 3 is 2.33 bits per heavy atom. The van der Waals surface area contributed by atoms with Gasteiger partial charge in [-0.2, -0.15) is 0 Å². The lowest BCUT2D eigenvalue weighted by molar-refractivity contribution is 0.959. The summed E-state index contributed by atoms with van der Waals surface area (Å²) in [7, 11) is 0. The largest absolute Gasteiger partial charge is 0.351 e. The van der Waals surface area contributed by atoms with Gasteiger partial charge in [-0.05, 0) is 35.9 Å². The van der Waals surface area contributed by atoms with Crippen LogP contribution in [0.4, 0.5) is 5.69 Å². The smallest absolute Gasteiger partial charge is 0.0966 e. The van der Waals surface area contributed by atoms with Gasteiger partial charge in [0, 0.05) is 24.3 Å². The molecule has 0 bridgehead atoms. The molecule has 1 saturated heterocycles. The van der Waals surface area contributed by atoms with E-state index in [9.17, 15) is 0 Å². The number of nitrogens with zero attached hydrogens (tertiary/aromatic N) is 3. The molecule has 21 heavy (non-hydrogen) atoms. The molecule has 2 atom stereocenters. The van der Waals surface area contributed by atoms with Gasteiger partial charge in [-0.1, -0.05) is 30.3 Å². The molecule has 0 saturated carbocycles. The molecule has 0 N–H and O–H groups in total. The quantitative estimate of drug-likeness (QED) is 0.680. The molecule has 3 heterocycles. The SMILES string of the molecule is c1ccc(N2[C@@H](c3cccnc3)[C@@H]2c2ccccn2)cc1. The van der Waals surface area contributed by atoms with Crippen LogP contribution in [0.5, 0.6) is 0 Å². The first-order valence-corrected chi connectivity index (χ1v) is 7.09. The summed E-state index contributed by atoms with van der Waals surface area (Å²) in [4.78, 5) is 11.2. The van der Waals surface area contributed by atoms with Crippen molar-refractivity contribution in [1.82, 2.24) is 9.97 Å². The summed E-state index contributed by atoms with van der Waals surface area (Å²) in [6.45, 7) is 0. The molecule has 0 radical (unpaired) electrons. The van der Waals surface area contributed by atoms with Gasteiger partial charge < -0.3 is 4.90 Å². The van der Waals surface area contributed by atoms with Crippen molar-refractivity contribution in [2.45, 2.75) is 12.1 Å². The summed E-state index contributed by atoms with van der Waals surface area (Å²) in [5.41, 5.74) is 3.56. The standard InChI is InChI=1S/C18H15N3/c1-2-8-15(9-3-1)21-17(14-7-6-11-19-13-14)18(21)16-10-4-5-12-20-16/h1-13,17-18H/t17-,18-,21?/m0/s1. The fourth-order valence-electron chi connectivity index (χ4n) is 2.90. The lowest BCUT2D eigenvalue weighted by Crippen LogP contribution is -1.96. The maximum absolute atomic E-state index is 4.53. The Morgan fingerprint density at radius 1 is 0.762 bits per heavy atom. The Balaban J connectivity index is 1.74. The van der Waals surface area contributed by atoms with Crippen LogP contribution in [0.2, 0.25) is 0 Å². The highest BCUT2D eigenvalue weighted by Crippen LogP contribution is 2.56. The first kappa shape index (κ1) is 12.1. The fraction of sp³-hybridized carbons (Fsp3) is 0.111. The van der Waals surface area contributed by atoms with E-state index in [1.165, 1.54) is 11.3 Å². The van der Waals surface area contributed by atoms with Crippen LogP contribution in [0.3, 0.4) is 0 Å². The average Bonchev–Trinajstić information content (AvgIpc) is 3.33. The second-order valence-corrected chi connectivity index (χ2v) is 5.17. The molecule has 3 heteroatoms. The number of benzene rings is 1. The van der Waals surface area contributed by atoms with Gasteiger partial charge in [-0.15, -0.1) is 0 Å². The maximum Gasteiger partial charge on any atom is 0.0966 e. The number of anilines is 1. The van der Waals surface area contributed by atoms with E-state index in [1.54, 1.807) is 0 Å². The topological polar surface area (TPSA) is 28.8 Å². The highest BCUT2D eigenvalue weighted by Gasteiger charge is 2.50. The summed E-state index contributed by atoms with van der Waals surface area (Å²) >= 11 is 0. The molecule has 4 rings (SSSR count). The maximum atomic E-state index is 4.53. The highest BCUT2D eigenvalue weighted by atomic mass is 15.4. The Kier molecular flexibility index (Phi) is 2.89. The predicted molar refractivity (Wildman–Crippen MR) is 82.9 cm³/mol. The minimum atomic E-state index is 0.290. The molecule has 0 amide bonds. The Morgan fingerprint density at radius 2 is 1.62 bits per heavy atom. The monoisotopic (exact) mass is 273 g/mol. The van der Waals surface area contributed by atoms with Crippen LogP contribution >= 0.6 is 0 Å². The molecule has 1 fully saturated rings. The van der Waals surface area contributed by atoms with Gasteiger partial charge in [-0.25, -0.2) is 0 Å². The van der Waals surface area contributed by atoms with Crippen molar-refractivity contribution in [2.24, 2.45) is 0 Å². The number of hydrogen-bond acceptors (Lipinski definition) is 3. The van der Waals surface area contributed by atoms with Crippen LogP contribution in [-0.2, 0) is 0 Å². The van der Waals surface area contributed by atoms with Gasteiger partial charge in [0.2, 0.25) is 0 Å². The second-order valence-electron chi connectivity index (χ2n) is 5.17. The molecule has 1 aliphatic heterocycles. The molecule has 1 aliphatic rings. The minimum Gasteiger partial charge on any atom is -0.351 e. The molecule has 0 aliphatic carbocycles. The summed E-state index contributed by atoms with van der Waals surface area (Å²) in [5.74, 6) is 0. The molecule has 102 valence electrons. The summed E-state index contributed by atoms with van der Waals surface area (Å²) in [6.07, 6.45) is 5.62. The number of para-hydroxylation sites is 1. The van der Waals surface area contributed by atoms with Crippen LogP contribution in [0.25, 0.3) is 0 Å². The number of rotatable bonds is 3. The Labute approximate surface area is 123 Å². The molecule has 2 aromatic heterocycles. The predicted octanol–water partition coefficient (Wildman–Crippen LogP) is 3.78. The van der Waals surface area contributed by atoms with Crippen molar-refractivity contribution in [3.8, 4) is 0 Å². The molecular weight excluding hydrogens is 258 g/mol. The van der Waals surface area contributed by atoms with Gasteiger partial charge >= 0.3 is 0 Å². The van der Waals surface area contributed by atoms with Crippen molar-refractivity contribution in [3.05, 3.63) is 90.5 Å². The van der Waals surface area contributed by atoms with Crippen molar-refractivity contribution in [3.63, 3.8) is 0 Å². The van der Waals surface area contributed by atoms with Crippen LogP contribution in [0.15, 0.2) is 79.3 Å². The van der Waals surface area contributed by atoms with E-state index in [0.717, 1.165) is 5.69 Å². The molecule has 0 spiro atoms. The normalized spacial score (nSPS) is 20.3. The van der Waals surface area contributed by atoms with Gasteiger partial charge in [0.15, 0.2) is 0 Å². The van der Waals surface area contributed by atoms with Gasteiger partial charge in [0.05, 0.1) is 17.8 Å². The first-order chi connectivity index (χ1) is 10.4. The van der Waals surface area contributed by atoms with E-state index in [0.29, 0.717) is 6.04 Å². The minimum absolute atomic E-state index is 0.290. The third-order valence-electron chi connectivity index (χ3n) is 3.88. The highest BCUT2D eigenvalue weighted by molar-refractivity contribution is 5.60. The van der Waals surface area contributed by atoms with E-state index in [-0.39, 0.29) is 6.04 Å². The van der Waals surface area contributed by atoms with E-state index in [2.05, 4.69) is 51.3 Å². The lowest BCUT2D eigenvalue weighted by atomic mass is 10.1. The zero-order valence-corrected chi connectivity index (χ0v) is 11.5.